The van der Waals surface area contributed by atoms with Crippen molar-refractivity contribution in [1.82, 2.24) is 5.32 Å². The first kappa shape index (κ1) is 15.8. The third-order valence-corrected chi connectivity index (χ3v) is 4.51. The van der Waals surface area contributed by atoms with Crippen LogP contribution >= 0.6 is 0 Å². The van der Waals surface area contributed by atoms with Gasteiger partial charge in [-0.15, -0.1) is 0 Å². The number of methoxy groups -OCH3 is 1. The van der Waals surface area contributed by atoms with Crippen molar-refractivity contribution >= 4 is 5.97 Å². The average molecular weight is 309 g/mol. The van der Waals surface area contributed by atoms with Gasteiger partial charge in [-0.3, -0.25) is 5.32 Å². The molecule has 2 aromatic carbocycles. The maximum Gasteiger partial charge on any atom is 0.331 e. The lowest BCUT2D eigenvalue weighted by atomic mass is 9.73. The Morgan fingerprint density at radius 2 is 1.74 bits per heavy atom. The van der Waals surface area contributed by atoms with Gasteiger partial charge in [0.25, 0.3) is 0 Å². The quantitative estimate of drug-likeness (QED) is 0.885. The lowest BCUT2D eigenvalue weighted by Gasteiger charge is -2.46. The van der Waals surface area contributed by atoms with E-state index in [2.05, 4.69) is 37.4 Å². The maximum absolute atomic E-state index is 12.9. The summed E-state index contributed by atoms with van der Waals surface area (Å²) < 4.78 is 5.21. The van der Waals surface area contributed by atoms with Gasteiger partial charge >= 0.3 is 5.97 Å². The SMILES string of the molecule is COC(=O)C1(Cc2ccccc2)NC(C)(C)Cc2ccccc21. The Bertz CT molecular complexity index is 709. The number of nitrogens with one attached hydrogen (secondary N) is 1. The largest absolute Gasteiger partial charge is 0.467 e. The minimum Gasteiger partial charge on any atom is -0.467 e. The summed E-state index contributed by atoms with van der Waals surface area (Å²) in [5.74, 6) is -0.235. The summed E-state index contributed by atoms with van der Waals surface area (Å²) >= 11 is 0. The van der Waals surface area contributed by atoms with E-state index in [1.807, 2.05) is 36.4 Å². The van der Waals surface area contributed by atoms with Crippen LogP contribution in [0.15, 0.2) is 54.6 Å². The fraction of sp³-hybridized carbons (Fsp3) is 0.350. The van der Waals surface area contributed by atoms with Crippen LogP contribution in [0.5, 0.6) is 0 Å². The average Bonchev–Trinajstić information content (AvgIpc) is 2.54. The highest BCUT2D eigenvalue weighted by atomic mass is 16.5. The number of carbonyl (C=O) groups is 1. The summed E-state index contributed by atoms with van der Waals surface area (Å²) in [6.07, 6.45) is 1.46. The van der Waals surface area contributed by atoms with Crippen molar-refractivity contribution in [3.8, 4) is 0 Å². The summed E-state index contributed by atoms with van der Waals surface area (Å²) in [6, 6.07) is 18.3. The molecule has 1 aliphatic rings. The summed E-state index contributed by atoms with van der Waals surface area (Å²) in [4.78, 5) is 12.9. The minimum atomic E-state index is -0.853. The zero-order chi connectivity index (χ0) is 16.5. The molecule has 23 heavy (non-hydrogen) atoms. The third kappa shape index (κ3) is 2.89. The van der Waals surface area contributed by atoms with Gasteiger partial charge in [0.1, 0.15) is 5.54 Å². The zero-order valence-electron chi connectivity index (χ0n) is 13.9. The Kier molecular flexibility index (Phi) is 3.99. The van der Waals surface area contributed by atoms with E-state index in [-0.39, 0.29) is 11.5 Å². The standard InChI is InChI=1S/C20H23NO2/c1-19(2)14-16-11-7-8-12-17(16)20(21-19,18(22)23-3)13-15-9-5-4-6-10-15/h4-12,21H,13-14H2,1-3H3. The number of hydrogen-bond acceptors (Lipinski definition) is 3. The molecule has 120 valence electrons. The van der Waals surface area contributed by atoms with Gasteiger partial charge in [0.05, 0.1) is 7.11 Å². The van der Waals surface area contributed by atoms with Crippen LogP contribution in [0.1, 0.15) is 30.5 Å². The molecule has 0 aliphatic carbocycles. The molecule has 0 amide bonds. The summed E-state index contributed by atoms with van der Waals surface area (Å²) in [7, 11) is 1.46. The molecule has 0 spiro atoms. The topological polar surface area (TPSA) is 38.3 Å². The van der Waals surface area contributed by atoms with Crippen molar-refractivity contribution < 1.29 is 9.53 Å². The molecule has 3 rings (SSSR count). The Morgan fingerprint density at radius 3 is 2.43 bits per heavy atom. The van der Waals surface area contributed by atoms with Crippen molar-refractivity contribution in [2.45, 2.75) is 37.8 Å². The lowest BCUT2D eigenvalue weighted by molar-refractivity contribution is -0.150. The van der Waals surface area contributed by atoms with E-state index in [9.17, 15) is 4.79 Å². The second kappa shape index (κ2) is 5.82. The van der Waals surface area contributed by atoms with E-state index in [1.165, 1.54) is 12.7 Å². The van der Waals surface area contributed by atoms with Gasteiger partial charge in [-0.2, -0.15) is 0 Å². The second-order valence-corrected chi connectivity index (χ2v) is 6.90. The van der Waals surface area contributed by atoms with E-state index < -0.39 is 5.54 Å². The van der Waals surface area contributed by atoms with Gasteiger partial charge in [-0.25, -0.2) is 4.79 Å². The first-order chi connectivity index (χ1) is 11.0. The Morgan fingerprint density at radius 1 is 1.09 bits per heavy atom. The highest BCUT2D eigenvalue weighted by Crippen LogP contribution is 2.38. The molecule has 1 heterocycles. The summed E-state index contributed by atoms with van der Waals surface area (Å²) in [5, 5.41) is 3.59. The highest BCUT2D eigenvalue weighted by molar-refractivity contribution is 5.84. The predicted molar refractivity (Wildman–Crippen MR) is 91.2 cm³/mol. The summed E-state index contributed by atoms with van der Waals surface area (Å²) in [5.41, 5.74) is 2.30. The van der Waals surface area contributed by atoms with Crippen LogP contribution < -0.4 is 5.32 Å². The van der Waals surface area contributed by atoms with Crippen LogP contribution in [0, 0.1) is 0 Å². The molecular weight excluding hydrogens is 286 g/mol. The third-order valence-electron chi connectivity index (χ3n) is 4.51. The second-order valence-electron chi connectivity index (χ2n) is 6.90. The van der Waals surface area contributed by atoms with Gasteiger partial charge in [-0.05, 0) is 37.0 Å². The molecule has 3 heteroatoms. The molecule has 0 saturated carbocycles. The Labute approximate surface area is 137 Å². The normalized spacial score (nSPS) is 22.2. The minimum absolute atomic E-state index is 0.183. The van der Waals surface area contributed by atoms with Gasteiger partial charge in [0.2, 0.25) is 0 Å². The number of fused-ring (bicyclic) bond motifs is 1. The number of esters is 1. The fourth-order valence-electron chi connectivity index (χ4n) is 3.70. The van der Waals surface area contributed by atoms with Crippen molar-refractivity contribution in [2.24, 2.45) is 0 Å². The Hall–Kier alpha value is -2.13. The van der Waals surface area contributed by atoms with Gasteiger partial charge in [0, 0.05) is 12.0 Å². The zero-order valence-corrected chi connectivity index (χ0v) is 13.9. The summed E-state index contributed by atoms with van der Waals surface area (Å²) in [6.45, 7) is 4.26. The van der Waals surface area contributed by atoms with E-state index in [1.54, 1.807) is 0 Å². The smallest absolute Gasteiger partial charge is 0.331 e. The van der Waals surface area contributed by atoms with E-state index in [0.717, 1.165) is 17.5 Å². The van der Waals surface area contributed by atoms with E-state index >= 15 is 0 Å². The van der Waals surface area contributed by atoms with Gasteiger partial charge in [-0.1, -0.05) is 54.6 Å². The number of hydrogen-bond donors (Lipinski definition) is 1. The molecule has 0 radical (unpaired) electrons. The predicted octanol–water partition coefficient (Wildman–Crippen LogP) is 3.22. The van der Waals surface area contributed by atoms with E-state index in [4.69, 9.17) is 4.74 Å². The molecule has 0 bridgehead atoms. The lowest BCUT2D eigenvalue weighted by Crippen LogP contribution is -2.63. The molecule has 1 N–H and O–H groups in total. The van der Waals surface area contributed by atoms with Crippen molar-refractivity contribution in [3.05, 3.63) is 71.3 Å². The highest BCUT2D eigenvalue weighted by Gasteiger charge is 2.49. The van der Waals surface area contributed by atoms with Gasteiger partial charge < -0.3 is 4.74 Å². The van der Waals surface area contributed by atoms with Crippen LogP contribution in [0.25, 0.3) is 0 Å². The molecule has 0 aromatic heterocycles. The van der Waals surface area contributed by atoms with Crippen LogP contribution in [0.3, 0.4) is 0 Å². The first-order valence-corrected chi connectivity index (χ1v) is 7.97. The molecule has 3 nitrogen and oxygen atoms in total. The molecule has 2 aromatic rings. The number of carbonyl (C=O) groups excluding carboxylic acids is 1. The van der Waals surface area contributed by atoms with Crippen LogP contribution in [-0.4, -0.2) is 18.6 Å². The van der Waals surface area contributed by atoms with Crippen LogP contribution in [0.4, 0.5) is 0 Å². The fourth-order valence-corrected chi connectivity index (χ4v) is 3.70. The van der Waals surface area contributed by atoms with Gasteiger partial charge in [0.15, 0.2) is 0 Å². The van der Waals surface area contributed by atoms with Crippen molar-refractivity contribution in [3.63, 3.8) is 0 Å². The molecule has 1 aliphatic heterocycles. The van der Waals surface area contributed by atoms with Crippen LogP contribution in [0.2, 0.25) is 0 Å². The first-order valence-electron chi connectivity index (χ1n) is 7.97. The molecule has 0 fully saturated rings. The monoisotopic (exact) mass is 309 g/mol. The van der Waals surface area contributed by atoms with E-state index in [0.29, 0.717) is 6.42 Å². The number of benzene rings is 2. The van der Waals surface area contributed by atoms with Crippen molar-refractivity contribution in [2.75, 3.05) is 7.11 Å². The van der Waals surface area contributed by atoms with Crippen molar-refractivity contribution in [1.29, 1.82) is 0 Å². The molecule has 1 unspecified atom stereocenters. The van der Waals surface area contributed by atoms with Crippen LogP contribution in [-0.2, 0) is 27.9 Å². The Balaban J connectivity index is 2.16. The molecular formula is C20H23NO2. The molecule has 0 saturated heterocycles. The molecule has 1 atom stereocenters. The maximum atomic E-state index is 12.9. The number of rotatable bonds is 3. The number of ether oxygens (including phenoxy) is 1.